The maximum Gasteiger partial charge on any atom is 0.350 e. The highest BCUT2D eigenvalue weighted by atomic mass is 16.5. The van der Waals surface area contributed by atoms with Crippen molar-refractivity contribution in [2.45, 2.75) is 13.5 Å². The van der Waals surface area contributed by atoms with Gasteiger partial charge in [-0.15, -0.1) is 5.10 Å². The van der Waals surface area contributed by atoms with Gasteiger partial charge in [-0.05, 0) is 25.1 Å². The van der Waals surface area contributed by atoms with Gasteiger partial charge >= 0.3 is 5.69 Å². The first-order valence-electron chi connectivity index (χ1n) is 8.58. The molecule has 4 rings (SSSR count). The molecule has 0 radical (unpaired) electrons. The van der Waals surface area contributed by atoms with Gasteiger partial charge in [-0.2, -0.15) is 5.10 Å². The molecule has 2 aromatic heterocycles. The van der Waals surface area contributed by atoms with Crippen LogP contribution in [0.1, 0.15) is 11.4 Å². The number of rotatable bonds is 5. The highest BCUT2D eigenvalue weighted by Crippen LogP contribution is 2.18. The molecule has 2 heterocycles. The van der Waals surface area contributed by atoms with Crippen LogP contribution in [-0.4, -0.2) is 24.1 Å². The summed E-state index contributed by atoms with van der Waals surface area (Å²) < 4.78 is 10.5. The molecule has 0 atom stereocenters. The average Bonchev–Trinajstić information content (AvgIpc) is 3.26. The van der Waals surface area contributed by atoms with Gasteiger partial charge in [0.25, 0.3) is 0 Å². The van der Waals surface area contributed by atoms with Gasteiger partial charge in [0.05, 0.1) is 11.4 Å². The second-order valence-corrected chi connectivity index (χ2v) is 6.14. The van der Waals surface area contributed by atoms with Crippen LogP contribution >= 0.6 is 0 Å². The van der Waals surface area contributed by atoms with Crippen molar-refractivity contribution in [2.24, 2.45) is 7.05 Å². The molecule has 0 unspecified atom stereocenters. The molecular formula is C20H19N5O2. The Balaban J connectivity index is 1.58. The van der Waals surface area contributed by atoms with Gasteiger partial charge in [-0.25, -0.2) is 18.7 Å². The van der Waals surface area contributed by atoms with Gasteiger partial charge in [0.2, 0.25) is 5.88 Å². The predicted octanol–water partition coefficient (Wildman–Crippen LogP) is 2.64. The summed E-state index contributed by atoms with van der Waals surface area (Å²) in [5, 5.41) is 8.64. The van der Waals surface area contributed by atoms with Crippen molar-refractivity contribution < 1.29 is 4.74 Å². The van der Waals surface area contributed by atoms with Crippen molar-refractivity contribution in [3.63, 3.8) is 0 Å². The van der Waals surface area contributed by atoms with E-state index in [9.17, 15) is 4.79 Å². The van der Waals surface area contributed by atoms with Crippen molar-refractivity contribution in [1.29, 1.82) is 0 Å². The Morgan fingerprint density at radius 1 is 0.963 bits per heavy atom. The van der Waals surface area contributed by atoms with Crippen molar-refractivity contribution in [1.82, 2.24) is 24.1 Å². The van der Waals surface area contributed by atoms with Crippen LogP contribution in [0.25, 0.3) is 11.4 Å². The maximum absolute atomic E-state index is 12.4. The third-order valence-electron chi connectivity index (χ3n) is 4.28. The minimum atomic E-state index is -0.187. The standard InChI is InChI=1S/C20H19N5O2/c1-15-21-23(2)20(26)25(15)18-11-7-6-8-16(18)14-27-19-12-13-24(22-19)17-9-4-3-5-10-17/h3-13H,14H2,1-2H3. The molecule has 2 aromatic carbocycles. The molecule has 0 amide bonds. The SMILES string of the molecule is Cc1nn(C)c(=O)n1-c1ccccc1COc1ccn(-c2ccccc2)n1. The van der Waals surface area contributed by atoms with Crippen LogP contribution in [0.5, 0.6) is 5.88 Å². The predicted molar refractivity (Wildman–Crippen MR) is 101 cm³/mol. The lowest BCUT2D eigenvalue weighted by atomic mass is 10.2. The van der Waals surface area contributed by atoms with Crippen LogP contribution in [0, 0.1) is 6.92 Å². The van der Waals surface area contributed by atoms with E-state index in [1.54, 1.807) is 23.2 Å². The molecule has 7 nitrogen and oxygen atoms in total. The molecule has 0 fully saturated rings. The molecule has 7 heteroatoms. The van der Waals surface area contributed by atoms with Crippen LogP contribution in [0.2, 0.25) is 0 Å². The summed E-state index contributed by atoms with van der Waals surface area (Å²) in [6, 6.07) is 19.3. The van der Waals surface area contributed by atoms with E-state index in [1.807, 2.05) is 66.9 Å². The van der Waals surface area contributed by atoms with E-state index in [2.05, 4.69) is 10.2 Å². The van der Waals surface area contributed by atoms with Crippen molar-refractivity contribution in [3.05, 3.63) is 88.7 Å². The second kappa shape index (κ2) is 6.95. The van der Waals surface area contributed by atoms with E-state index in [0.717, 1.165) is 16.9 Å². The Morgan fingerprint density at radius 2 is 1.70 bits per heavy atom. The molecule has 136 valence electrons. The van der Waals surface area contributed by atoms with Crippen molar-refractivity contribution in [3.8, 4) is 17.3 Å². The zero-order valence-corrected chi connectivity index (χ0v) is 15.1. The summed E-state index contributed by atoms with van der Waals surface area (Å²) in [6.07, 6.45) is 1.85. The average molecular weight is 361 g/mol. The highest BCUT2D eigenvalue weighted by Gasteiger charge is 2.13. The lowest BCUT2D eigenvalue weighted by Crippen LogP contribution is -2.23. The van der Waals surface area contributed by atoms with Crippen LogP contribution < -0.4 is 10.4 Å². The summed E-state index contributed by atoms with van der Waals surface area (Å²) in [7, 11) is 1.64. The monoisotopic (exact) mass is 361 g/mol. The van der Waals surface area contributed by atoms with Gasteiger partial charge in [0.15, 0.2) is 0 Å². The van der Waals surface area contributed by atoms with E-state index in [4.69, 9.17) is 4.74 Å². The smallest absolute Gasteiger partial charge is 0.350 e. The number of benzene rings is 2. The molecule has 27 heavy (non-hydrogen) atoms. The fraction of sp³-hybridized carbons (Fsp3) is 0.150. The molecule has 0 saturated heterocycles. The highest BCUT2D eigenvalue weighted by molar-refractivity contribution is 5.41. The molecule has 0 aliphatic carbocycles. The fourth-order valence-electron chi connectivity index (χ4n) is 2.98. The second-order valence-electron chi connectivity index (χ2n) is 6.14. The number of aryl methyl sites for hydroxylation is 2. The molecular weight excluding hydrogens is 342 g/mol. The first kappa shape index (κ1) is 16.8. The topological polar surface area (TPSA) is 66.9 Å². The number of hydrogen-bond acceptors (Lipinski definition) is 4. The van der Waals surface area contributed by atoms with E-state index < -0.39 is 0 Å². The van der Waals surface area contributed by atoms with Crippen molar-refractivity contribution >= 4 is 0 Å². The maximum atomic E-state index is 12.4. The Labute approximate surface area is 156 Å². The summed E-state index contributed by atoms with van der Waals surface area (Å²) in [4.78, 5) is 12.4. The fourth-order valence-corrected chi connectivity index (χ4v) is 2.98. The lowest BCUT2D eigenvalue weighted by molar-refractivity contribution is 0.291. The van der Waals surface area contributed by atoms with E-state index in [0.29, 0.717) is 18.3 Å². The summed E-state index contributed by atoms with van der Waals surface area (Å²) in [6.45, 7) is 2.10. The summed E-state index contributed by atoms with van der Waals surface area (Å²) >= 11 is 0. The third-order valence-corrected chi connectivity index (χ3v) is 4.28. The number of hydrogen-bond donors (Lipinski definition) is 0. The van der Waals surface area contributed by atoms with Gasteiger partial charge < -0.3 is 4.74 Å². The van der Waals surface area contributed by atoms with E-state index in [-0.39, 0.29) is 5.69 Å². The molecule has 0 saturated carbocycles. The largest absolute Gasteiger partial charge is 0.472 e. The zero-order valence-electron chi connectivity index (χ0n) is 15.1. The Bertz CT molecular complexity index is 1120. The summed E-state index contributed by atoms with van der Waals surface area (Å²) in [5.41, 5.74) is 2.42. The van der Waals surface area contributed by atoms with Crippen LogP contribution in [0.3, 0.4) is 0 Å². The minimum Gasteiger partial charge on any atom is -0.472 e. The van der Waals surface area contributed by atoms with Gasteiger partial charge in [0, 0.05) is 24.9 Å². The Morgan fingerprint density at radius 3 is 2.44 bits per heavy atom. The number of nitrogens with zero attached hydrogens (tertiary/aromatic N) is 5. The molecule has 0 aliphatic rings. The number of para-hydroxylation sites is 2. The molecule has 4 aromatic rings. The number of aromatic nitrogens is 5. The first-order valence-corrected chi connectivity index (χ1v) is 8.58. The van der Waals surface area contributed by atoms with Crippen molar-refractivity contribution in [2.75, 3.05) is 0 Å². The van der Waals surface area contributed by atoms with Crippen LogP contribution in [-0.2, 0) is 13.7 Å². The van der Waals surface area contributed by atoms with Gasteiger partial charge in [0.1, 0.15) is 12.4 Å². The molecule has 0 N–H and O–H groups in total. The Kier molecular flexibility index (Phi) is 4.33. The molecule has 0 spiro atoms. The van der Waals surface area contributed by atoms with E-state index in [1.165, 1.54) is 4.68 Å². The molecule has 0 bridgehead atoms. The van der Waals surface area contributed by atoms with Gasteiger partial charge in [-0.3, -0.25) is 0 Å². The quantitative estimate of drug-likeness (QED) is 0.548. The van der Waals surface area contributed by atoms with Gasteiger partial charge in [-0.1, -0.05) is 36.4 Å². The summed E-state index contributed by atoms with van der Waals surface area (Å²) in [5.74, 6) is 1.15. The molecule has 0 aliphatic heterocycles. The third kappa shape index (κ3) is 3.27. The van der Waals surface area contributed by atoms with Crippen LogP contribution in [0.4, 0.5) is 0 Å². The minimum absolute atomic E-state index is 0.187. The van der Waals surface area contributed by atoms with E-state index >= 15 is 0 Å². The zero-order chi connectivity index (χ0) is 18.8. The first-order chi connectivity index (χ1) is 13.1. The lowest BCUT2D eigenvalue weighted by Gasteiger charge is -2.10. The Hall–Kier alpha value is -3.61. The number of ether oxygens (including phenoxy) is 1. The normalized spacial score (nSPS) is 10.9. The van der Waals surface area contributed by atoms with Crippen LogP contribution in [0.15, 0.2) is 71.7 Å².